The molecule has 2 fully saturated rings. The van der Waals surface area contributed by atoms with E-state index in [1.807, 2.05) is 0 Å². The van der Waals surface area contributed by atoms with Gasteiger partial charge in [-0.25, -0.2) is 0 Å². The molecule has 2 aliphatic rings. The molecule has 1 saturated carbocycles. The fourth-order valence-electron chi connectivity index (χ4n) is 3.70. The molecular formula is C17H29N5O4S2. The third-order valence-corrected chi connectivity index (χ3v) is 8.35. The van der Waals surface area contributed by atoms with Crippen LogP contribution in [0.2, 0.25) is 0 Å². The average molecular weight is 432 g/mol. The molecule has 28 heavy (non-hydrogen) atoms. The van der Waals surface area contributed by atoms with Crippen LogP contribution < -0.4 is 0 Å². The van der Waals surface area contributed by atoms with Crippen molar-refractivity contribution in [3.8, 4) is 0 Å². The van der Waals surface area contributed by atoms with Crippen molar-refractivity contribution in [1.82, 2.24) is 23.7 Å². The van der Waals surface area contributed by atoms with Crippen molar-refractivity contribution < 1.29 is 17.7 Å². The highest BCUT2D eigenvalue weighted by Gasteiger charge is 2.35. The van der Waals surface area contributed by atoms with Gasteiger partial charge in [0.2, 0.25) is 11.8 Å². The van der Waals surface area contributed by atoms with E-state index in [1.165, 1.54) is 22.5 Å². The van der Waals surface area contributed by atoms with Crippen LogP contribution in [-0.2, 0) is 20.8 Å². The van der Waals surface area contributed by atoms with E-state index in [4.69, 9.17) is 4.52 Å². The van der Waals surface area contributed by atoms with E-state index in [-0.39, 0.29) is 11.9 Å². The first-order chi connectivity index (χ1) is 13.4. The highest BCUT2D eigenvalue weighted by molar-refractivity contribution is 7.99. The van der Waals surface area contributed by atoms with Crippen LogP contribution in [0.1, 0.15) is 43.8 Å². The van der Waals surface area contributed by atoms with Gasteiger partial charge in [-0.15, -0.1) is 11.8 Å². The van der Waals surface area contributed by atoms with E-state index >= 15 is 0 Å². The maximum atomic E-state index is 12.9. The topological polar surface area (TPSA) is 99.9 Å². The minimum atomic E-state index is -3.46. The maximum absolute atomic E-state index is 12.9. The molecule has 0 spiro atoms. The lowest BCUT2D eigenvalue weighted by molar-refractivity contribution is -0.129. The number of hydrogen-bond donors (Lipinski definition) is 0. The molecule has 0 aromatic carbocycles. The largest absolute Gasteiger partial charge is 0.340 e. The molecule has 158 valence electrons. The molecule has 1 aliphatic heterocycles. The molecule has 3 rings (SSSR count). The van der Waals surface area contributed by atoms with Crippen molar-refractivity contribution in [1.29, 1.82) is 0 Å². The van der Waals surface area contributed by atoms with Gasteiger partial charge >= 0.3 is 0 Å². The zero-order valence-electron chi connectivity index (χ0n) is 16.5. The van der Waals surface area contributed by atoms with Gasteiger partial charge in [-0.3, -0.25) is 4.79 Å². The summed E-state index contributed by atoms with van der Waals surface area (Å²) in [6.07, 6.45) is 5.24. The summed E-state index contributed by atoms with van der Waals surface area (Å²) in [7, 11) is -1.77. The number of nitrogens with zero attached hydrogens (tertiary/aromatic N) is 5. The quantitative estimate of drug-likeness (QED) is 0.641. The van der Waals surface area contributed by atoms with Gasteiger partial charge in [-0.1, -0.05) is 24.4 Å². The number of thioether (sulfide) groups is 1. The number of carbonyl (C=O) groups excluding carboxylic acids is 1. The average Bonchev–Trinajstić information content (AvgIpc) is 3.13. The van der Waals surface area contributed by atoms with Crippen molar-refractivity contribution in [2.24, 2.45) is 0 Å². The standard InChI is InChI=1S/C17H29N5O4S2/c1-14-18-16(19-26-14)12-27-13-17(23)21-8-10-22(11-9-21)28(24,25)20(2)15-6-4-3-5-7-15/h15H,3-13H2,1-2H3. The molecule has 1 aromatic rings. The zero-order valence-corrected chi connectivity index (χ0v) is 18.2. The van der Waals surface area contributed by atoms with Crippen molar-refractivity contribution >= 4 is 27.9 Å². The smallest absolute Gasteiger partial charge is 0.282 e. The highest BCUT2D eigenvalue weighted by atomic mass is 32.2. The van der Waals surface area contributed by atoms with Crippen LogP contribution >= 0.6 is 11.8 Å². The van der Waals surface area contributed by atoms with Crippen LogP contribution in [0.3, 0.4) is 0 Å². The van der Waals surface area contributed by atoms with Crippen molar-refractivity contribution in [3.63, 3.8) is 0 Å². The molecule has 1 aromatic heterocycles. The third kappa shape index (κ3) is 5.25. The normalized spacial score (nSPS) is 20.0. The summed E-state index contributed by atoms with van der Waals surface area (Å²) in [6, 6.07) is 0.101. The number of piperazine rings is 1. The minimum Gasteiger partial charge on any atom is -0.340 e. The SMILES string of the molecule is Cc1nc(CSCC(=O)N2CCN(S(=O)(=O)N(C)C3CCCCC3)CC2)no1. The Kier molecular flexibility index (Phi) is 7.35. The van der Waals surface area contributed by atoms with Crippen molar-refractivity contribution in [3.05, 3.63) is 11.7 Å². The number of aromatic nitrogens is 2. The predicted octanol–water partition coefficient (Wildman–Crippen LogP) is 1.26. The van der Waals surface area contributed by atoms with Gasteiger partial charge in [-0.2, -0.15) is 22.0 Å². The monoisotopic (exact) mass is 431 g/mol. The lowest BCUT2D eigenvalue weighted by Crippen LogP contribution is -2.55. The molecule has 0 N–H and O–H groups in total. The first-order valence-corrected chi connectivity index (χ1v) is 12.3. The molecular weight excluding hydrogens is 402 g/mol. The van der Waals surface area contributed by atoms with Crippen LogP contribution in [0, 0.1) is 6.92 Å². The maximum Gasteiger partial charge on any atom is 0.282 e. The first kappa shape index (κ1) is 21.5. The summed E-state index contributed by atoms with van der Waals surface area (Å²) in [4.78, 5) is 18.2. The second kappa shape index (κ2) is 9.55. The second-order valence-corrected chi connectivity index (χ2v) is 10.3. The lowest BCUT2D eigenvalue weighted by atomic mass is 9.96. The number of hydrogen-bond acceptors (Lipinski definition) is 7. The van der Waals surface area contributed by atoms with Gasteiger partial charge in [0.1, 0.15) is 0 Å². The van der Waals surface area contributed by atoms with E-state index in [0.717, 1.165) is 25.7 Å². The van der Waals surface area contributed by atoms with E-state index in [2.05, 4.69) is 10.1 Å². The second-order valence-electron chi connectivity index (χ2n) is 7.32. The minimum absolute atomic E-state index is 0.0166. The third-order valence-electron chi connectivity index (χ3n) is 5.40. The van der Waals surface area contributed by atoms with Crippen LogP contribution in [-0.4, -0.2) is 83.0 Å². The number of rotatable bonds is 7. The summed E-state index contributed by atoms with van der Waals surface area (Å²) in [6.45, 7) is 3.28. The predicted molar refractivity (Wildman–Crippen MR) is 107 cm³/mol. The first-order valence-electron chi connectivity index (χ1n) is 9.76. The Morgan fingerprint density at radius 1 is 1.21 bits per heavy atom. The molecule has 0 bridgehead atoms. The fraction of sp³-hybridized carbons (Fsp3) is 0.824. The lowest BCUT2D eigenvalue weighted by Gasteiger charge is -2.38. The molecule has 0 unspecified atom stereocenters. The molecule has 9 nitrogen and oxygen atoms in total. The summed E-state index contributed by atoms with van der Waals surface area (Å²) in [5.74, 6) is 1.95. The summed E-state index contributed by atoms with van der Waals surface area (Å²) >= 11 is 1.44. The van der Waals surface area contributed by atoms with E-state index < -0.39 is 10.2 Å². The molecule has 1 amide bonds. The molecule has 11 heteroatoms. The zero-order chi connectivity index (χ0) is 20.1. The van der Waals surface area contributed by atoms with E-state index in [1.54, 1.807) is 23.2 Å². The summed E-state index contributed by atoms with van der Waals surface area (Å²) in [5, 5.41) is 3.81. The van der Waals surface area contributed by atoms with Gasteiger partial charge in [0.25, 0.3) is 10.2 Å². The van der Waals surface area contributed by atoms with E-state index in [9.17, 15) is 13.2 Å². The Morgan fingerprint density at radius 3 is 2.50 bits per heavy atom. The Balaban J connectivity index is 1.44. The Labute approximate surface area is 171 Å². The molecule has 1 aliphatic carbocycles. The van der Waals surface area contributed by atoms with Gasteiger partial charge in [0.15, 0.2) is 5.82 Å². The molecule has 0 radical (unpaired) electrons. The fourth-order valence-corrected chi connectivity index (χ4v) is 6.04. The number of amides is 1. The Bertz CT molecular complexity index is 755. The highest BCUT2D eigenvalue weighted by Crippen LogP contribution is 2.25. The van der Waals surface area contributed by atoms with E-state index in [0.29, 0.717) is 49.4 Å². The summed E-state index contributed by atoms with van der Waals surface area (Å²) < 4.78 is 33.8. The van der Waals surface area contributed by atoms with Gasteiger partial charge < -0.3 is 9.42 Å². The van der Waals surface area contributed by atoms with Crippen LogP contribution in [0.4, 0.5) is 0 Å². The summed E-state index contributed by atoms with van der Waals surface area (Å²) in [5.41, 5.74) is 0. The van der Waals surface area contributed by atoms with Crippen molar-refractivity contribution in [2.75, 3.05) is 39.0 Å². The van der Waals surface area contributed by atoms with Gasteiger partial charge in [0, 0.05) is 46.2 Å². The molecule has 2 heterocycles. The Morgan fingerprint density at radius 2 is 1.89 bits per heavy atom. The van der Waals surface area contributed by atoms with Crippen LogP contribution in [0.15, 0.2) is 4.52 Å². The van der Waals surface area contributed by atoms with Crippen molar-refractivity contribution in [2.45, 2.75) is 50.8 Å². The van der Waals surface area contributed by atoms with Gasteiger partial charge in [-0.05, 0) is 12.8 Å². The molecule has 0 atom stereocenters. The number of carbonyl (C=O) groups is 1. The number of aryl methyl sites for hydroxylation is 1. The van der Waals surface area contributed by atoms with Gasteiger partial charge in [0.05, 0.1) is 11.5 Å². The molecule has 1 saturated heterocycles. The Hall–Kier alpha value is -1.17. The van der Waals surface area contributed by atoms with Crippen LogP contribution in [0.25, 0.3) is 0 Å². The van der Waals surface area contributed by atoms with Crippen LogP contribution in [0.5, 0.6) is 0 Å².